The molecule has 6 nitrogen and oxygen atoms in total. The summed E-state index contributed by atoms with van der Waals surface area (Å²) in [6, 6.07) is 7.28. The zero-order valence-electron chi connectivity index (χ0n) is 11.7. The van der Waals surface area contributed by atoms with Crippen LogP contribution in [0, 0.1) is 0 Å². The van der Waals surface area contributed by atoms with Crippen LogP contribution in [0.15, 0.2) is 24.3 Å². The fourth-order valence-corrected chi connectivity index (χ4v) is 2.64. The van der Waals surface area contributed by atoms with E-state index in [-0.39, 0.29) is 18.2 Å². The molecule has 1 unspecified atom stereocenters. The molecule has 0 bridgehead atoms. The molecule has 3 rings (SSSR count). The summed E-state index contributed by atoms with van der Waals surface area (Å²) in [6.45, 7) is 3.35. The van der Waals surface area contributed by atoms with Crippen molar-refractivity contribution in [1.82, 2.24) is 14.5 Å². The third kappa shape index (κ3) is 1.68. The summed E-state index contributed by atoms with van der Waals surface area (Å²) >= 11 is 0. The third-order valence-corrected chi connectivity index (χ3v) is 3.75. The molecule has 1 amide bonds. The Balaban J connectivity index is 2.16. The van der Waals surface area contributed by atoms with Gasteiger partial charge in [-0.15, -0.1) is 0 Å². The van der Waals surface area contributed by atoms with Crippen molar-refractivity contribution in [3.63, 3.8) is 0 Å². The second-order valence-corrected chi connectivity index (χ2v) is 5.38. The summed E-state index contributed by atoms with van der Waals surface area (Å²) in [6.07, 6.45) is 0.235. The number of amides is 1. The van der Waals surface area contributed by atoms with Gasteiger partial charge in [0.1, 0.15) is 11.4 Å². The molecular weight excluding hydrogens is 256 g/mol. The first-order valence-corrected chi connectivity index (χ1v) is 6.46. The molecule has 6 heteroatoms. The minimum absolute atomic E-state index is 0.0178. The molecule has 1 atom stereocenters. The second kappa shape index (κ2) is 4.06. The number of ketones is 1. The minimum atomic E-state index is -0.750. The Labute approximate surface area is 116 Å². The molecule has 20 heavy (non-hydrogen) atoms. The van der Waals surface area contributed by atoms with Crippen molar-refractivity contribution in [2.45, 2.75) is 25.9 Å². The van der Waals surface area contributed by atoms with Crippen molar-refractivity contribution >= 4 is 28.8 Å². The number of rotatable bonds is 2. The molecule has 2 heterocycles. The van der Waals surface area contributed by atoms with E-state index in [1.54, 1.807) is 11.9 Å². The number of nitrogens with zero attached hydrogens (tertiary/aromatic N) is 3. The summed E-state index contributed by atoms with van der Waals surface area (Å²) in [5, 5.41) is 3.21. The van der Waals surface area contributed by atoms with Crippen molar-refractivity contribution < 1.29 is 9.59 Å². The lowest BCUT2D eigenvalue weighted by molar-refractivity contribution is -0.118. The van der Waals surface area contributed by atoms with Gasteiger partial charge in [-0.25, -0.2) is 14.3 Å². The fraction of sp³-hybridized carbons (Fsp3) is 0.357. The zero-order chi connectivity index (χ0) is 14.5. The average molecular weight is 272 g/mol. The lowest BCUT2D eigenvalue weighted by atomic mass is 10.0. The van der Waals surface area contributed by atoms with Gasteiger partial charge in [0.2, 0.25) is 5.95 Å². The number of hydrogen-bond donors (Lipinski definition) is 1. The number of nitrogens with one attached hydrogen (secondary N) is 1. The van der Waals surface area contributed by atoms with Crippen LogP contribution in [-0.4, -0.2) is 39.0 Å². The molecule has 0 spiro atoms. The monoisotopic (exact) mass is 272 g/mol. The maximum atomic E-state index is 12.6. The lowest BCUT2D eigenvalue weighted by Crippen LogP contribution is -2.58. The molecule has 0 fully saturated rings. The zero-order valence-corrected chi connectivity index (χ0v) is 11.7. The summed E-state index contributed by atoms with van der Waals surface area (Å²) in [7, 11) is 1.69. The first-order chi connectivity index (χ1) is 9.42. The topological polar surface area (TPSA) is 67.2 Å². The molecule has 1 aliphatic rings. The molecular formula is C14H16N4O2. The van der Waals surface area contributed by atoms with Crippen LogP contribution in [0.5, 0.6) is 0 Å². The van der Waals surface area contributed by atoms with E-state index >= 15 is 0 Å². The minimum Gasteiger partial charge on any atom is -0.332 e. The van der Waals surface area contributed by atoms with E-state index < -0.39 is 5.66 Å². The Morgan fingerprint density at radius 1 is 1.40 bits per heavy atom. The Morgan fingerprint density at radius 3 is 2.80 bits per heavy atom. The quantitative estimate of drug-likeness (QED) is 0.908. The molecule has 1 aromatic carbocycles. The number of benzene rings is 1. The number of fused-ring (bicyclic) bond motifs is 3. The smallest absolute Gasteiger partial charge is 0.332 e. The van der Waals surface area contributed by atoms with Gasteiger partial charge in [-0.2, -0.15) is 0 Å². The molecule has 1 N–H and O–H groups in total. The fourth-order valence-electron chi connectivity index (χ4n) is 2.64. The van der Waals surface area contributed by atoms with E-state index in [4.69, 9.17) is 0 Å². The van der Waals surface area contributed by atoms with Crippen molar-refractivity contribution in [1.29, 1.82) is 0 Å². The predicted molar refractivity (Wildman–Crippen MR) is 75.6 cm³/mol. The van der Waals surface area contributed by atoms with Gasteiger partial charge in [-0.05, 0) is 26.0 Å². The third-order valence-electron chi connectivity index (χ3n) is 3.75. The number of carbonyl (C=O) groups is 2. The molecule has 0 aliphatic carbocycles. The average Bonchev–Trinajstić information content (AvgIpc) is 2.72. The summed E-state index contributed by atoms with van der Waals surface area (Å²) in [4.78, 5) is 30.0. The number of carbonyl (C=O) groups excluding carboxylic acids is 2. The highest BCUT2D eigenvalue weighted by Gasteiger charge is 2.41. The van der Waals surface area contributed by atoms with Gasteiger partial charge >= 0.3 is 6.03 Å². The number of anilines is 1. The van der Waals surface area contributed by atoms with E-state index in [1.165, 1.54) is 11.5 Å². The second-order valence-electron chi connectivity index (χ2n) is 5.38. The van der Waals surface area contributed by atoms with E-state index in [1.807, 2.05) is 31.2 Å². The van der Waals surface area contributed by atoms with Crippen LogP contribution in [-0.2, 0) is 4.79 Å². The van der Waals surface area contributed by atoms with Gasteiger partial charge in [-0.1, -0.05) is 12.1 Å². The van der Waals surface area contributed by atoms with Gasteiger partial charge in [0, 0.05) is 13.5 Å². The summed E-state index contributed by atoms with van der Waals surface area (Å²) < 4.78 is 1.54. The van der Waals surface area contributed by atoms with Crippen molar-refractivity contribution in [2.24, 2.45) is 0 Å². The van der Waals surface area contributed by atoms with Crippen molar-refractivity contribution in [3.05, 3.63) is 24.3 Å². The van der Waals surface area contributed by atoms with Crippen LogP contribution in [0.1, 0.15) is 20.3 Å². The first-order valence-electron chi connectivity index (χ1n) is 6.46. The molecule has 1 aromatic heterocycles. The molecule has 0 saturated carbocycles. The van der Waals surface area contributed by atoms with Gasteiger partial charge in [0.25, 0.3) is 0 Å². The maximum Gasteiger partial charge on any atom is 0.333 e. The van der Waals surface area contributed by atoms with Gasteiger partial charge in [-0.3, -0.25) is 4.79 Å². The highest BCUT2D eigenvalue weighted by molar-refractivity contribution is 5.95. The normalized spacial score (nSPS) is 21.8. The van der Waals surface area contributed by atoms with Crippen molar-refractivity contribution in [2.75, 3.05) is 12.4 Å². The first kappa shape index (κ1) is 12.7. The number of Topliss-reactive ketones (excluding diaryl/α,β-unsaturated/α-hetero) is 1. The largest absolute Gasteiger partial charge is 0.333 e. The Kier molecular flexibility index (Phi) is 2.57. The van der Waals surface area contributed by atoms with Crippen LogP contribution < -0.4 is 5.32 Å². The maximum absolute atomic E-state index is 12.6. The highest BCUT2D eigenvalue weighted by Crippen LogP contribution is 2.31. The van der Waals surface area contributed by atoms with Crippen molar-refractivity contribution in [3.8, 4) is 0 Å². The molecule has 0 saturated heterocycles. The number of hydrogen-bond acceptors (Lipinski definition) is 4. The van der Waals surface area contributed by atoms with Crippen LogP contribution in [0.3, 0.4) is 0 Å². The number of aromatic nitrogens is 2. The van der Waals surface area contributed by atoms with E-state index in [9.17, 15) is 9.59 Å². The molecule has 1 aliphatic heterocycles. The number of imidazole rings is 1. The number of para-hydroxylation sites is 2. The molecule has 0 radical (unpaired) electrons. The van der Waals surface area contributed by atoms with Gasteiger partial charge in [0.05, 0.1) is 11.0 Å². The van der Waals surface area contributed by atoms with Crippen LogP contribution in [0.4, 0.5) is 10.7 Å². The Bertz CT molecular complexity index is 721. The predicted octanol–water partition coefficient (Wildman–Crippen LogP) is 2.06. The summed E-state index contributed by atoms with van der Waals surface area (Å²) in [5.41, 5.74) is 0.765. The van der Waals surface area contributed by atoms with Crippen LogP contribution >= 0.6 is 0 Å². The molecule has 2 aromatic rings. The Morgan fingerprint density at radius 2 is 2.10 bits per heavy atom. The van der Waals surface area contributed by atoms with Crippen LogP contribution in [0.25, 0.3) is 11.0 Å². The lowest BCUT2D eigenvalue weighted by Gasteiger charge is -2.42. The van der Waals surface area contributed by atoms with E-state index in [0.29, 0.717) is 5.95 Å². The standard InChI is InChI=1S/C14H16N4O2/c1-9(19)8-14(2)16-12-15-10-6-4-5-7-11(10)18(12)13(20)17(14)3/h4-7H,8H2,1-3H3,(H,15,16). The van der Waals surface area contributed by atoms with E-state index in [2.05, 4.69) is 10.3 Å². The van der Waals surface area contributed by atoms with E-state index in [0.717, 1.165) is 11.0 Å². The Hall–Kier alpha value is -2.37. The van der Waals surface area contributed by atoms with Crippen LogP contribution in [0.2, 0.25) is 0 Å². The SMILES string of the molecule is CC(=O)CC1(C)Nc2nc3ccccc3n2C(=O)N1C. The van der Waals surface area contributed by atoms with Gasteiger partial charge in [0.15, 0.2) is 0 Å². The summed E-state index contributed by atoms with van der Waals surface area (Å²) in [5.74, 6) is 0.502. The van der Waals surface area contributed by atoms with Gasteiger partial charge < -0.3 is 10.2 Å². The highest BCUT2D eigenvalue weighted by atomic mass is 16.2. The molecule has 104 valence electrons.